The highest BCUT2D eigenvalue weighted by Gasteiger charge is 2.08. The first-order chi connectivity index (χ1) is 9.95. The van der Waals surface area contributed by atoms with E-state index in [1.165, 1.54) is 0 Å². The molecule has 0 saturated heterocycles. The molecule has 2 aromatic rings. The lowest BCUT2D eigenvalue weighted by molar-refractivity contribution is -0.114. The standard InChI is InChI=1S/C15H13ClF2N2O/c1-9-2-3-10(16)6-13(9)19-8-15(21)20-14-7-11(17)4-5-12(14)18/h2-7,19H,8H2,1H3,(H,20,21). The first kappa shape index (κ1) is 15.3. The minimum absolute atomic E-state index is 0.0862. The molecule has 0 spiro atoms. The minimum Gasteiger partial charge on any atom is -0.376 e. The Balaban J connectivity index is 1.99. The van der Waals surface area contributed by atoms with Gasteiger partial charge in [-0.3, -0.25) is 4.79 Å². The van der Waals surface area contributed by atoms with Gasteiger partial charge in [-0.1, -0.05) is 17.7 Å². The van der Waals surface area contributed by atoms with Crippen LogP contribution < -0.4 is 10.6 Å². The van der Waals surface area contributed by atoms with Crippen LogP contribution >= 0.6 is 11.6 Å². The lowest BCUT2D eigenvalue weighted by Crippen LogP contribution is -2.22. The molecule has 0 unspecified atom stereocenters. The van der Waals surface area contributed by atoms with E-state index in [9.17, 15) is 13.6 Å². The number of anilines is 2. The van der Waals surface area contributed by atoms with Crippen molar-refractivity contribution in [2.45, 2.75) is 6.92 Å². The summed E-state index contributed by atoms with van der Waals surface area (Å²) in [6, 6.07) is 8.11. The van der Waals surface area contributed by atoms with Gasteiger partial charge in [0.15, 0.2) is 0 Å². The van der Waals surface area contributed by atoms with Crippen molar-refractivity contribution in [2.24, 2.45) is 0 Å². The van der Waals surface area contributed by atoms with Crippen LogP contribution in [-0.2, 0) is 4.79 Å². The van der Waals surface area contributed by atoms with E-state index in [2.05, 4.69) is 10.6 Å². The Bertz CT molecular complexity index is 677. The molecule has 0 aromatic heterocycles. The highest BCUT2D eigenvalue weighted by Crippen LogP contribution is 2.20. The third-order valence-electron chi connectivity index (χ3n) is 2.84. The molecule has 2 rings (SSSR count). The molecule has 0 atom stereocenters. The van der Waals surface area contributed by atoms with Crippen LogP contribution in [-0.4, -0.2) is 12.5 Å². The first-order valence-electron chi connectivity index (χ1n) is 6.20. The molecule has 0 aliphatic heterocycles. The van der Waals surface area contributed by atoms with Crippen LogP contribution in [0, 0.1) is 18.6 Å². The fourth-order valence-electron chi connectivity index (χ4n) is 1.75. The number of carbonyl (C=O) groups is 1. The smallest absolute Gasteiger partial charge is 0.243 e. The topological polar surface area (TPSA) is 41.1 Å². The molecule has 2 N–H and O–H groups in total. The molecule has 6 heteroatoms. The van der Waals surface area contributed by atoms with Crippen molar-refractivity contribution in [2.75, 3.05) is 17.2 Å². The molecule has 0 bridgehead atoms. The number of rotatable bonds is 4. The van der Waals surface area contributed by atoms with Crippen molar-refractivity contribution >= 4 is 28.9 Å². The van der Waals surface area contributed by atoms with Crippen molar-refractivity contribution in [1.29, 1.82) is 0 Å². The molecule has 0 heterocycles. The maximum Gasteiger partial charge on any atom is 0.243 e. The Labute approximate surface area is 125 Å². The van der Waals surface area contributed by atoms with Gasteiger partial charge in [-0.25, -0.2) is 8.78 Å². The summed E-state index contributed by atoms with van der Waals surface area (Å²) in [5.41, 5.74) is 1.44. The zero-order chi connectivity index (χ0) is 15.4. The van der Waals surface area contributed by atoms with E-state index in [0.29, 0.717) is 10.7 Å². The molecule has 0 aliphatic carbocycles. The van der Waals surface area contributed by atoms with Crippen LogP contribution in [0.2, 0.25) is 5.02 Å². The van der Waals surface area contributed by atoms with Crippen molar-refractivity contribution < 1.29 is 13.6 Å². The van der Waals surface area contributed by atoms with Gasteiger partial charge in [0.25, 0.3) is 0 Å². The van der Waals surface area contributed by atoms with Crippen LogP contribution in [0.25, 0.3) is 0 Å². The highest BCUT2D eigenvalue weighted by molar-refractivity contribution is 6.30. The van der Waals surface area contributed by atoms with Gasteiger partial charge < -0.3 is 10.6 Å². The number of hydrogen-bond donors (Lipinski definition) is 2. The third-order valence-corrected chi connectivity index (χ3v) is 3.08. The van der Waals surface area contributed by atoms with E-state index < -0.39 is 17.5 Å². The molecule has 0 radical (unpaired) electrons. The minimum atomic E-state index is -0.691. The summed E-state index contributed by atoms with van der Waals surface area (Å²) in [6.45, 7) is 1.78. The molecule has 0 fully saturated rings. The second kappa shape index (κ2) is 6.54. The second-order valence-corrected chi connectivity index (χ2v) is 4.92. The molecule has 2 aromatic carbocycles. The monoisotopic (exact) mass is 310 g/mol. The molecule has 0 aliphatic rings. The van der Waals surface area contributed by atoms with E-state index >= 15 is 0 Å². The van der Waals surface area contributed by atoms with Crippen LogP contribution in [0.1, 0.15) is 5.56 Å². The molecule has 3 nitrogen and oxygen atoms in total. The van der Waals surface area contributed by atoms with Gasteiger partial charge in [0.1, 0.15) is 11.6 Å². The quantitative estimate of drug-likeness (QED) is 0.897. The van der Waals surface area contributed by atoms with E-state index in [0.717, 1.165) is 23.8 Å². The molecular formula is C15H13ClF2N2O. The van der Waals surface area contributed by atoms with Crippen LogP contribution in [0.3, 0.4) is 0 Å². The van der Waals surface area contributed by atoms with E-state index in [4.69, 9.17) is 11.6 Å². The van der Waals surface area contributed by atoms with Gasteiger partial charge in [-0.05, 0) is 36.8 Å². The summed E-state index contributed by atoms with van der Waals surface area (Å²) < 4.78 is 26.4. The lowest BCUT2D eigenvalue weighted by atomic mass is 10.2. The fourth-order valence-corrected chi connectivity index (χ4v) is 1.92. The first-order valence-corrected chi connectivity index (χ1v) is 6.58. The number of carbonyl (C=O) groups excluding carboxylic acids is 1. The van der Waals surface area contributed by atoms with Crippen LogP contribution in [0.4, 0.5) is 20.2 Å². The average molecular weight is 311 g/mol. The molecule has 21 heavy (non-hydrogen) atoms. The van der Waals surface area contributed by atoms with Crippen LogP contribution in [0.15, 0.2) is 36.4 Å². The number of aryl methyl sites for hydroxylation is 1. The van der Waals surface area contributed by atoms with Crippen LogP contribution in [0.5, 0.6) is 0 Å². The highest BCUT2D eigenvalue weighted by atomic mass is 35.5. The van der Waals surface area contributed by atoms with Crippen molar-refractivity contribution in [1.82, 2.24) is 0 Å². The Morgan fingerprint density at radius 3 is 2.67 bits per heavy atom. The fraction of sp³-hybridized carbons (Fsp3) is 0.133. The van der Waals surface area contributed by atoms with E-state index in [-0.39, 0.29) is 12.2 Å². The average Bonchev–Trinajstić information content (AvgIpc) is 2.44. The number of halogens is 3. The summed E-state index contributed by atoms with van der Waals surface area (Å²) >= 11 is 5.87. The Morgan fingerprint density at radius 1 is 1.14 bits per heavy atom. The van der Waals surface area contributed by atoms with E-state index in [1.807, 2.05) is 13.0 Å². The zero-order valence-electron chi connectivity index (χ0n) is 11.2. The predicted octanol–water partition coefficient (Wildman–Crippen LogP) is 3.98. The number of amides is 1. The van der Waals surface area contributed by atoms with Crippen molar-refractivity contribution in [3.8, 4) is 0 Å². The third kappa shape index (κ3) is 4.16. The largest absolute Gasteiger partial charge is 0.376 e. The summed E-state index contributed by atoms with van der Waals surface area (Å²) in [5.74, 6) is -1.80. The SMILES string of the molecule is Cc1ccc(Cl)cc1NCC(=O)Nc1cc(F)ccc1F. The molecule has 1 amide bonds. The Hall–Kier alpha value is -2.14. The van der Waals surface area contributed by atoms with E-state index in [1.54, 1.807) is 12.1 Å². The normalized spacial score (nSPS) is 10.3. The lowest BCUT2D eigenvalue weighted by Gasteiger charge is -2.11. The molecule has 0 saturated carbocycles. The van der Waals surface area contributed by atoms with Crippen molar-refractivity contribution in [3.05, 3.63) is 58.6 Å². The Morgan fingerprint density at radius 2 is 1.90 bits per heavy atom. The summed E-state index contributed by atoms with van der Waals surface area (Å²) in [5, 5.41) is 5.74. The van der Waals surface area contributed by atoms with Gasteiger partial charge in [0.2, 0.25) is 5.91 Å². The summed E-state index contributed by atoms with van der Waals surface area (Å²) in [7, 11) is 0. The Kier molecular flexibility index (Phi) is 4.75. The molecule has 110 valence electrons. The van der Waals surface area contributed by atoms with Crippen molar-refractivity contribution in [3.63, 3.8) is 0 Å². The number of hydrogen-bond acceptors (Lipinski definition) is 2. The maximum atomic E-state index is 13.4. The summed E-state index contributed by atoms with van der Waals surface area (Å²) in [6.07, 6.45) is 0. The van der Waals surface area contributed by atoms with Gasteiger partial charge >= 0.3 is 0 Å². The predicted molar refractivity (Wildman–Crippen MR) is 79.7 cm³/mol. The second-order valence-electron chi connectivity index (χ2n) is 4.49. The number of nitrogens with one attached hydrogen (secondary N) is 2. The maximum absolute atomic E-state index is 13.4. The van der Waals surface area contributed by atoms with Gasteiger partial charge in [-0.2, -0.15) is 0 Å². The summed E-state index contributed by atoms with van der Waals surface area (Å²) in [4.78, 5) is 11.7. The van der Waals surface area contributed by atoms with Gasteiger partial charge in [0.05, 0.1) is 12.2 Å². The number of benzene rings is 2. The van der Waals surface area contributed by atoms with Gasteiger partial charge in [0, 0.05) is 16.8 Å². The zero-order valence-corrected chi connectivity index (χ0v) is 12.0. The molecular weight excluding hydrogens is 298 g/mol. The van der Waals surface area contributed by atoms with Gasteiger partial charge in [-0.15, -0.1) is 0 Å².